The Morgan fingerprint density at radius 1 is 1.14 bits per heavy atom. The minimum atomic E-state index is -0.490. The van der Waals surface area contributed by atoms with Crippen LogP contribution in [0.5, 0.6) is 0 Å². The summed E-state index contributed by atoms with van der Waals surface area (Å²) >= 11 is 0. The van der Waals surface area contributed by atoms with Crippen molar-refractivity contribution in [3.05, 3.63) is 68.5 Å². The fraction of sp³-hybridized carbons (Fsp3) is 0.133. The maximum Gasteiger partial charge on any atom is 0.329 e. The molecule has 0 aliphatic heterocycles. The highest BCUT2D eigenvalue weighted by Crippen LogP contribution is 2.12. The highest BCUT2D eigenvalue weighted by Gasteiger charge is 2.15. The number of hydrogen-bond acceptors (Lipinski definition) is 3. The first kappa shape index (κ1) is 13.1. The Bertz CT molecular complexity index is 932. The highest BCUT2D eigenvalue weighted by atomic mass is 16.2. The predicted octanol–water partition coefficient (Wildman–Crippen LogP) is 1.27. The topological polar surface area (TPSA) is 87.7 Å². The van der Waals surface area contributed by atoms with E-state index in [1.54, 1.807) is 31.2 Å². The molecule has 0 radical (unpaired) electrons. The van der Waals surface area contributed by atoms with Crippen molar-refractivity contribution in [1.82, 2.24) is 14.5 Å². The maximum absolute atomic E-state index is 12.3. The molecule has 2 N–H and O–H groups in total. The third kappa shape index (κ3) is 2.10. The largest absolute Gasteiger partial charge is 0.338 e. The fourth-order valence-corrected chi connectivity index (χ4v) is 2.29. The number of aromatic amines is 2. The summed E-state index contributed by atoms with van der Waals surface area (Å²) in [5, 5.41) is 0.302. The lowest BCUT2D eigenvalue weighted by Gasteiger charge is -1.98. The number of nitrogens with one attached hydrogen (secondary N) is 2. The molecule has 21 heavy (non-hydrogen) atoms. The van der Waals surface area contributed by atoms with Gasteiger partial charge >= 0.3 is 5.69 Å². The predicted molar refractivity (Wildman–Crippen MR) is 78.7 cm³/mol. The van der Waals surface area contributed by atoms with Gasteiger partial charge in [0.25, 0.3) is 5.56 Å². The van der Waals surface area contributed by atoms with E-state index in [-0.39, 0.29) is 23.7 Å². The average molecular weight is 283 g/mol. The zero-order valence-electron chi connectivity index (χ0n) is 11.3. The molecule has 0 aliphatic rings. The molecule has 0 unspecified atom stereocenters. The van der Waals surface area contributed by atoms with Crippen molar-refractivity contribution >= 4 is 16.8 Å². The van der Waals surface area contributed by atoms with Crippen molar-refractivity contribution in [2.24, 2.45) is 0 Å². The quantitative estimate of drug-likeness (QED) is 0.709. The van der Waals surface area contributed by atoms with E-state index in [9.17, 15) is 14.4 Å². The van der Waals surface area contributed by atoms with Gasteiger partial charge < -0.3 is 4.98 Å². The summed E-state index contributed by atoms with van der Waals surface area (Å²) < 4.78 is 1.09. The number of hydrogen-bond donors (Lipinski definition) is 2. The van der Waals surface area contributed by atoms with Crippen LogP contribution in [0.3, 0.4) is 0 Å². The summed E-state index contributed by atoms with van der Waals surface area (Å²) in [5.41, 5.74) is 0.171. The number of H-pyrrole nitrogens is 2. The zero-order valence-corrected chi connectivity index (χ0v) is 11.3. The van der Waals surface area contributed by atoms with Crippen LogP contribution in [-0.2, 0) is 6.54 Å². The van der Waals surface area contributed by atoms with Crippen molar-refractivity contribution in [3.8, 4) is 0 Å². The summed E-state index contributed by atoms with van der Waals surface area (Å²) in [4.78, 5) is 41.6. The van der Waals surface area contributed by atoms with Crippen LogP contribution in [0.15, 0.2) is 46.0 Å². The van der Waals surface area contributed by atoms with Crippen LogP contribution < -0.4 is 11.2 Å². The van der Waals surface area contributed by atoms with Gasteiger partial charge in [0.15, 0.2) is 0 Å². The van der Waals surface area contributed by atoms with Crippen molar-refractivity contribution < 1.29 is 4.79 Å². The molecule has 0 saturated carbocycles. The summed E-state index contributed by atoms with van der Waals surface area (Å²) in [5.74, 6) is -0.227. The first-order chi connectivity index (χ1) is 10.1. The number of rotatable bonds is 3. The Labute approximate surface area is 119 Å². The van der Waals surface area contributed by atoms with Crippen molar-refractivity contribution in [2.45, 2.75) is 13.5 Å². The standard InChI is InChI=1S/C15H13N3O3/c1-2-18-14(20)10-8-11(16-13(10)17-15(18)21)12(19)9-6-4-3-5-7-9/h3-8,16H,2H2,1H3,(H,17,21). The Balaban J connectivity index is 2.19. The molecule has 106 valence electrons. The van der Waals surface area contributed by atoms with E-state index in [4.69, 9.17) is 0 Å². The number of fused-ring (bicyclic) bond motifs is 1. The van der Waals surface area contributed by atoms with Gasteiger partial charge in [-0.2, -0.15) is 0 Å². The number of carbonyl (C=O) groups excluding carboxylic acids is 1. The number of ketones is 1. The van der Waals surface area contributed by atoms with E-state index in [1.807, 2.05) is 6.07 Å². The van der Waals surface area contributed by atoms with Gasteiger partial charge in [-0.15, -0.1) is 0 Å². The molecule has 0 spiro atoms. The van der Waals surface area contributed by atoms with Crippen LogP contribution >= 0.6 is 0 Å². The summed E-state index contributed by atoms with van der Waals surface area (Å²) in [6.07, 6.45) is 0. The highest BCUT2D eigenvalue weighted by molar-refractivity contribution is 6.09. The number of aromatic nitrogens is 3. The zero-order chi connectivity index (χ0) is 15.0. The molecule has 3 rings (SSSR count). The Morgan fingerprint density at radius 2 is 1.86 bits per heavy atom. The molecular weight excluding hydrogens is 270 g/mol. The van der Waals surface area contributed by atoms with E-state index in [0.717, 1.165) is 4.57 Å². The summed E-state index contributed by atoms with van der Waals surface area (Å²) in [6, 6.07) is 10.2. The molecule has 0 atom stereocenters. The maximum atomic E-state index is 12.3. The minimum absolute atomic E-state index is 0.227. The van der Waals surface area contributed by atoms with Crippen molar-refractivity contribution in [3.63, 3.8) is 0 Å². The van der Waals surface area contributed by atoms with E-state index in [2.05, 4.69) is 9.97 Å². The normalized spacial score (nSPS) is 10.9. The Hall–Kier alpha value is -2.89. The monoisotopic (exact) mass is 283 g/mol. The third-order valence-electron chi connectivity index (χ3n) is 3.37. The number of benzene rings is 1. The second kappa shape index (κ2) is 4.90. The lowest BCUT2D eigenvalue weighted by Crippen LogP contribution is -2.34. The van der Waals surface area contributed by atoms with Crippen LogP contribution in [0.2, 0.25) is 0 Å². The van der Waals surface area contributed by atoms with E-state index in [1.165, 1.54) is 6.07 Å². The fourth-order valence-electron chi connectivity index (χ4n) is 2.29. The molecule has 6 nitrogen and oxygen atoms in total. The van der Waals surface area contributed by atoms with Gasteiger partial charge in [-0.3, -0.25) is 19.1 Å². The van der Waals surface area contributed by atoms with Crippen LogP contribution in [0, 0.1) is 0 Å². The molecule has 2 heterocycles. The van der Waals surface area contributed by atoms with Crippen molar-refractivity contribution in [2.75, 3.05) is 0 Å². The van der Waals surface area contributed by atoms with E-state index in [0.29, 0.717) is 10.9 Å². The molecule has 0 aliphatic carbocycles. The first-order valence-corrected chi connectivity index (χ1v) is 6.57. The summed E-state index contributed by atoms with van der Waals surface area (Å²) in [6.45, 7) is 1.99. The van der Waals surface area contributed by atoms with Gasteiger partial charge in [-0.25, -0.2) is 4.79 Å². The molecule has 0 amide bonds. The molecule has 3 aromatic rings. The Kier molecular flexibility index (Phi) is 3.06. The molecular formula is C15H13N3O3. The first-order valence-electron chi connectivity index (χ1n) is 6.57. The molecule has 1 aromatic carbocycles. The van der Waals surface area contributed by atoms with Crippen molar-refractivity contribution in [1.29, 1.82) is 0 Å². The Morgan fingerprint density at radius 3 is 2.52 bits per heavy atom. The molecule has 0 saturated heterocycles. The third-order valence-corrected chi connectivity index (χ3v) is 3.37. The van der Waals surface area contributed by atoms with Gasteiger partial charge in [-0.05, 0) is 13.0 Å². The van der Waals surface area contributed by atoms with Crippen LogP contribution in [0.25, 0.3) is 11.0 Å². The van der Waals surface area contributed by atoms with Gasteiger partial charge in [0.2, 0.25) is 5.78 Å². The number of nitrogens with zero attached hydrogens (tertiary/aromatic N) is 1. The SMILES string of the molecule is CCn1c(=O)[nH]c2[nH]c(C(=O)c3ccccc3)cc2c1=O. The van der Waals surface area contributed by atoms with Crippen LogP contribution in [0.4, 0.5) is 0 Å². The second-order valence-electron chi connectivity index (χ2n) is 4.65. The van der Waals surface area contributed by atoms with Gasteiger partial charge in [0, 0.05) is 12.1 Å². The lowest BCUT2D eigenvalue weighted by atomic mass is 10.1. The smallest absolute Gasteiger partial charge is 0.329 e. The van der Waals surface area contributed by atoms with Gasteiger partial charge in [0.05, 0.1) is 11.1 Å². The van der Waals surface area contributed by atoms with E-state index >= 15 is 0 Å². The number of carbonyl (C=O) groups is 1. The van der Waals surface area contributed by atoms with E-state index < -0.39 is 11.2 Å². The molecule has 2 aromatic heterocycles. The molecule has 0 fully saturated rings. The summed E-state index contributed by atoms with van der Waals surface area (Å²) in [7, 11) is 0. The van der Waals surface area contributed by atoms with Gasteiger partial charge in [-0.1, -0.05) is 30.3 Å². The average Bonchev–Trinajstić information content (AvgIpc) is 2.92. The second-order valence-corrected chi connectivity index (χ2v) is 4.65. The van der Waals surface area contributed by atoms with Crippen LogP contribution in [-0.4, -0.2) is 20.3 Å². The van der Waals surface area contributed by atoms with Gasteiger partial charge in [0.1, 0.15) is 5.65 Å². The molecule has 6 heteroatoms. The van der Waals surface area contributed by atoms with Crippen LogP contribution in [0.1, 0.15) is 23.0 Å². The lowest BCUT2D eigenvalue weighted by molar-refractivity contribution is 0.103. The molecule has 0 bridgehead atoms. The minimum Gasteiger partial charge on any atom is -0.338 e.